The van der Waals surface area contributed by atoms with Crippen molar-refractivity contribution in [1.29, 1.82) is 0 Å². The van der Waals surface area contributed by atoms with E-state index in [0.29, 0.717) is 0 Å². The molecule has 0 aromatic carbocycles. The molecule has 2 aliphatic heterocycles. The highest BCUT2D eigenvalue weighted by Crippen LogP contribution is 2.41. The second-order valence-electron chi connectivity index (χ2n) is 5.32. The fourth-order valence-electron chi connectivity index (χ4n) is 3.63. The smallest absolute Gasteiger partial charge is 0.0139 e. The van der Waals surface area contributed by atoms with Gasteiger partial charge in [-0.25, -0.2) is 0 Å². The van der Waals surface area contributed by atoms with Crippen LogP contribution in [0.15, 0.2) is 0 Å². The Bertz CT molecular complexity index is 210. The summed E-state index contributed by atoms with van der Waals surface area (Å²) >= 11 is 0. The highest BCUT2D eigenvalue weighted by molar-refractivity contribution is 5.01. The number of hydrogen-bond acceptors (Lipinski definition) is 2. The summed E-state index contributed by atoms with van der Waals surface area (Å²) in [7, 11) is 0. The zero-order valence-electron chi connectivity index (χ0n) is 9.21. The van der Waals surface area contributed by atoms with Gasteiger partial charge in [-0.15, -0.1) is 0 Å². The fourth-order valence-corrected chi connectivity index (χ4v) is 3.63. The number of piperidine rings is 1. The van der Waals surface area contributed by atoms with Crippen LogP contribution in [0.3, 0.4) is 0 Å². The Morgan fingerprint density at radius 2 is 2.14 bits per heavy atom. The van der Waals surface area contributed by atoms with Gasteiger partial charge in [0.2, 0.25) is 0 Å². The van der Waals surface area contributed by atoms with E-state index in [1.165, 1.54) is 45.3 Å². The summed E-state index contributed by atoms with van der Waals surface area (Å²) in [5.74, 6) is 1.98. The van der Waals surface area contributed by atoms with Gasteiger partial charge in [-0.1, -0.05) is 6.92 Å². The van der Waals surface area contributed by atoms with Gasteiger partial charge < -0.3 is 5.32 Å². The molecule has 80 valence electrons. The van der Waals surface area contributed by atoms with Crippen LogP contribution in [0.25, 0.3) is 0 Å². The maximum atomic E-state index is 3.57. The topological polar surface area (TPSA) is 15.3 Å². The summed E-state index contributed by atoms with van der Waals surface area (Å²) in [5, 5.41) is 3.57. The van der Waals surface area contributed by atoms with E-state index in [-0.39, 0.29) is 0 Å². The van der Waals surface area contributed by atoms with Gasteiger partial charge in [0.1, 0.15) is 0 Å². The molecule has 14 heavy (non-hydrogen) atoms. The minimum absolute atomic E-state index is 0.903. The lowest BCUT2D eigenvalue weighted by Crippen LogP contribution is -2.40. The van der Waals surface area contributed by atoms with Crippen molar-refractivity contribution in [1.82, 2.24) is 10.2 Å². The molecule has 0 aromatic rings. The van der Waals surface area contributed by atoms with Crippen LogP contribution >= 0.6 is 0 Å². The molecule has 3 fully saturated rings. The third-order valence-electron chi connectivity index (χ3n) is 4.48. The van der Waals surface area contributed by atoms with E-state index >= 15 is 0 Å². The van der Waals surface area contributed by atoms with Crippen LogP contribution in [0.4, 0.5) is 0 Å². The minimum Gasteiger partial charge on any atom is -0.316 e. The van der Waals surface area contributed by atoms with Crippen molar-refractivity contribution in [2.75, 3.05) is 19.6 Å². The normalized spacial score (nSPS) is 43.9. The van der Waals surface area contributed by atoms with Crippen molar-refractivity contribution in [3.63, 3.8) is 0 Å². The second kappa shape index (κ2) is 3.49. The number of rotatable bonds is 2. The van der Waals surface area contributed by atoms with Crippen LogP contribution in [-0.2, 0) is 0 Å². The number of nitrogens with one attached hydrogen (secondary N) is 1. The molecule has 0 radical (unpaired) electrons. The maximum Gasteiger partial charge on any atom is 0.0139 e. The molecule has 1 aliphatic carbocycles. The lowest BCUT2D eigenvalue weighted by molar-refractivity contribution is 0.204. The summed E-state index contributed by atoms with van der Waals surface area (Å²) < 4.78 is 0. The Balaban J connectivity index is 1.75. The molecule has 3 unspecified atom stereocenters. The monoisotopic (exact) mass is 194 g/mol. The zero-order chi connectivity index (χ0) is 9.54. The van der Waals surface area contributed by atoms with E-state index in [4.69, 9.17) is 0 Å². The SMILES string of the molecule is CCC1C2CNCCC2CN1C1CC1. The van der Waals surface area contributed by atoms with Crippen LogP contribution < -0.4 is 5.32 Å². The minimum atomic E-state index is 0.903. The van der Waals surface area contributed by atoms with Gasteiger partial charge in [-0.3, -0.25) is 4.90 Å². The Morgan fingerprint density at radius 1 is 1.29 bits per heavy atom. The first-order valence-electron chi connectivity index (χ1n) is 6.36. The van der Waals surface area contributed by atoms with Crippen LogP contribution in [0.2, 0.25) is 0 Å². The van der Waals surface area contributed by atoms with Crippen molar-refractivity contribution >= 4 is 0 Å². The van der Waals surface area contributed by atoms with Gasteiger partial charge in [0.05, 0.1) is 0 Å². The molecule has 0 bridgehead atoms. The van der Waals surface area contributed by atoms with Gasteiger partial charge in [-0.2, -0.15) is 0 Å². The van der Waals surface area contributed by atoms with E-state index in [9.17, 15) is 0 Å². The van der Waals surface area contributed by atoms with Crippen molar-refractivity contribution in [3.05, 3.63) is 0 Å². The van der Waals surface area contributed by atoms with Crippen molar-refractivity contribution in [3.8, 4) is 0 Å². The standard InChI is InChI=1S/C12H22N2/c1-2-12-11-7-13-6-5-9(11)8-14(12)10-3-4-10/h9-13H,2-8H2,1H3. The summed E-state index contributed by atoms with van der Waals surface area (Å²) in [5.41, 5.74) is 0. The molecular weight excluding hydrogens is 172 g/mol. The van der Waals surface area contributed by atoms with Crippen LogP contribution in [-0.4, -0.2) is 36.6 Å². The Morgan fingerprint density at radius 3 is 2.86 bits per heavy atom. The fraction of sp³-hybridized carbons (Fsp3) is 1.00. The van der Waals surface area contributed by atoms with Gasteiger partial charge in [0, 0.05) is 18.6 Å². The molecule has 3 aliphatic rings. The lowest BCUT2D eigenvalue weighted by Gasteiger charge is -2.30. The first-order valence-corrected chi connectivity index (χ1v) is 6.36. The van der Waals surface area contributed by atoms with E-state index in [2.05, 4.69) is 17.1 Å². The molecule has 1 N–H and O–H groups in total. The van der Waals surface area contributed by atoms with Crippen molar-refractivity contribution in [2.45, 2.75) is 44.7 Å². The number of fused-ring (bicyclic) bond motifs is 1. The highest BCUT2D eigenvalue weighted by Gasteiger charge is 2.46. The molecule has 2 heteroatoms. The number of likely N-dealkylation sites (tertiary alicyclic amines) is 1. The first-order chi connectivity index (χ1) is 6.90. The summed E-state index contributed by atoms with van der Waals surface area (Å²) in [6, 6.07) is 1.88. The molecule has 3 atom stereocenters. The number of nitrogens with zero attached hydrogens (tertiary/aromatic N) is 1. The third-order valence-corrected chi connectivity index (χ3v) is 4.48. The lowest BCUT2D eigenvalue weighted by atomic mass is 9.85. The first kappa shape index (κ1) is 9.17. The Kier molecular flexibility index (Phi) is 2.29. The maximum absolute atomic E-state index is 3.57. The van der Waals surface area contributed by atoms with E-state index in [1.807, 2.05) is 0 Å². The second-order valence-corrected chi connectivity index (χ2v) is 5.32. The molecular formula is C12H22N2. The van der Waals surface area contributed by atoms with Gasteiger partial charge in [-0.05, 0) is 50.6 Å². The van der Waals surface area contributed by atoms with Gasteiger partial charge >= 0.3 is 0 Å². The summed E-state index contributed by atoms with van der Waals surface area (Å²) in [6.07, 6.45) is 5.73. The van der Waals surface area contributed by atoms with Gasteiger partial charge in [0.15, 0.2) is 0 Å². The predicted molar refractivity (Wildman–Crippen MR) is 58.3 cm³/mol. The molecule has 2 nitrogen and oxygen atoms in total. The predicted octanol–water partition coefficient (Wildman–Crippen LogP) is 1.47. The molecule has 2 heterocycles. The van der Waals surface area contributed by atoms with Crippen LogP contribution in [0.1, 0.15) is 32.6 Å². The number of hydrogen-bond donors (Lipinski definition) is 1. The molecule has 0 aromatic heterocycles. The van der Waals surface area contributed by atoms with Crippen LogP contribution in [0.5, 0.6) is 0 Å². The van der Waals surface area contributed by atoms with Crippen LogP contribution in [0, 0.1) is 11.8 Å². The van der Waals surface area contributed by atoms with E-state index in [0.717, 1.165) is 23.9 Å². The average Bonchev–Trinajstić information content (AvgIpc) is 2.99. The Hall–Kier alpha value is -0.0800. The van der Waals surface area contributed by atoms with Crippen molar-refractivity contribution in [2.24, 2.45) is 11.8 Å². The summed E-state index contributed by atoms with van der Waals surface area (Å²) in [6.45, 7) is 6.33. The third kappa shape index (κ3) is 1.40. The van der Waals surface area contributed by atoms with E-state index < -0.39 is 0 Å². The van der Waals surface area contributed by atoms with E-state index in [1.54, 1.807) is 0 Å². The van der Waals surface area contributed by atoms with Gasteiger partial charge in [0.25, 0.3) is 0 Å². The highest BCUT2D eigenvalue weighted by atomic mass is 15.2. The zero-order valence-corrected chi connectivity index (χ0v) is 9.21. The van der Waals surface area contributed by atoms with Crippen molar-refractivity contribution < 1.29 is 0 Å². The molecule has 2 saturated heterocycles. The average molecular weight is 194 g/mol. The molecule has 3 rings (SSSR count). The molecule has 1 saturated carbocycles. The molecule has 0 amide bonds. The quantitative estimate of drug-likeness (QED) is 0.716. The summed E-state index contributed by atoms with van der Waals surface area (Å²) in [4.78, 5) is 2.84. The largest absolute Gasteiger partial charge is 0.316 e. The Labute approximate surface area is 87.0 Å². The molecule has 0 spiro atoms.